The Morgan fingerprint density at radius 2 is 2.23 bits per heavy atom. The van der Waals surface area contributed by atoms with Crippen LogP contribution in [0.3, 0.4) is 0 Å². The van der Waals surface area contributed by atoms with Gasteiger partial charge in [0.25, 0.3) is 0 Å². The fourth-order valence-electron chi connectivity index (χ4n) is 3.02. The van der Waals surface area contributed by atoms with Crippen molar-refractivity contribution >= 4 is 28.1 Å². The molecule has 1 fully saturated rings. The van der Waals surface area contributed by atoms with Gasteiger partial charge in [-0.3, -0.25) is 4.79 Å². The zero-order valence-electron chi connectivity index (χ0n) is 14.9. The molecule has 6 nitrogen and oxygen atoms in total. The summed E-state index contributed by atoms with van der Waals surface area (Å²) in [7, 11) is 0. The number of carbonyl (C=O) groups excluding carboxylic acids is 1. The van der Waals surface area contributed by atoms with Crippen LogP contribution in [0.1, 0.15) is 24.1 Å². The van der Waals surface area contributed by atoms with Crippen molar-refractivity contribution in [1.82, 2.24) is 9.88 Å². The van der Waals surface area contributed by atoms with Crippen LogP contribution in [-0.2, 0) is 4.79 Å². The highest BCUT2D eigenvalue weighted by Crippen LogP contribution is 2.21. The molecule has 0 bridgehead atoms. The van der Waals surface area contributed by atoms with Gasteiger partial charge in [0.1, 0.15) is 0 Å². The second-order valence-corrected chi connectivity index (χ2v) is 7.28. The van der Waals surface area contributed by atoms with Crippen LogP contribution in [0.25, 0.3) is 0 Å². The fraction of sp³-hybridized carbons (Fsp3) is 0.421. The molecule has 7 heteroatoms. The predicted octanol–water partition coefficient (Wildman–Crippen LogP) is 2.86. The van der Waals surface area contributed by atoms with E-state index in [0.29, 0.717) is 17.7 Å². The number of nitriles is 1. The van der Waals surface area contributed by atoms with Gasteiger partial charge in [0.05, 0.1) is 17.3 Å². The van der Waals surface area contributed by atoms with Gasteiger partial charge in [0.15, 0.2) is 5.13 Å². The van der Waals surface area contributed by atoms with Crippen LogP contribution >= 0.6 is 11.3 Å². The van der Waals surface area contributed by atoms with E-state index < -0.39 is 0 Å². The first-order valence-electron chi connectivity index (χ1n) is 8.83. The van der Waals surface area contributed by atoms with Crippen LogP contribution < -0.4 is 10.2 Å². The number of rotatable bonds is 5. The first kappa shape index (κ1) is 18.4. The van der Waals surface area contributed by atoms with Gasteiger partial charge in [-0.1, -0.05) is 6.07 Å². The summed E-state index contributed by atoms with van der Waals surface area (Å²) >= 11 is 1.70. The smallest absolute Gasteiger partial charge is 0.225 e. The molecule has 1 saturated heterocycles. The lowest BCUT2D eigenvalue weighted by Crippen LogP contribution is -2.32. The lowest BCUT2D eigenvalue weighted by Gasteiger charge is -2.21. The number of aromatic nitrogens is 1. The van der Waals surface area contributed by atoms with E-state index in [9.17, 15) is 4.79 Å². The predicted molar refractivity (Wildman–Crippen MR) is 105 cm³/mol. The van der Waals surface area contributed by atoms with Gasteiger partial charge < -0.3 is 15.1 Å². The molecule has 0 saturated carbocycles. The second-order valence-electron chi connectivity index (χ2n) is 6.44. The number of nitrogens with zero attached hydrogens (tertiary/aromatic N) is 4. The van der Waals surface area contributed by atoms with Gasteiger partial charge in [0.2, 0.25) is 5.91 Å². The molecule has 2 aromatic rings. The summed E-state index contributed by atoms with van der Waals surface area (Å²) in [4.78, 5) is 21.4. The Labute approximate surface area is 158 Å². The van der Waals surface area contributed by atoms with Crippen LogP contribution in [0.2, 0.25) is 0 Å². The molecule has 0 atom stereocenters. The monoisotopic (exact) mass is 369 g/mol. The Hall–Kier alpha value is -2.43. The van der Waals surface area contributed by atoms with E-state index in [1.807, 2.05) is 6.92 Å². The van der Waals surface area contributed by atoms with E-state index in [2.05, 4.69) is 31.5 Å². The zero-order chi connectivity index (χ0) is 18.4. The molecule has 1 aliphatic heterocycles. The van der Waals surface area contributed by atoms with E-state index in [1.54, 1.807) is 35.6 Å². The molecule has 26 heavy (non-hydrogen) atoms. The number of hydrogen-bond donors (Lipinski definition) is 1. The van der Waals surface area contributed by atoms with E-state index in [1.165, 1.54) is 0 Å². The SMILES string of the molecule is Cc1csc(N2CCCN(CCC(=O)Nc3cccc(C#N)c3)CC2)n1. The molecule has 1 aromatic carbocycles. The van der Waals surface area contributed by atoms with Crippen LogP contribution in [0.4, 0.5) is 10.8 Å². The van der Waals surface area contributed by atoms with Crippen molar-refractivity contribution in [2.75, 3.05) is 42.9 Å². The molecule has 0 radical (unpaired) electrons. The van der Waals surface area contributed by atoms with Crippen molar-refractivity contribution in [3.05, 3.63) is 40.9 Å². The second kappa shape index (κ2) is 8.79. The maximum Gasteiger partial charge on any atom is 0.225 e. The number of nitrogens with one attached hydrogen (secondary N) is 1. The molecule has 0 spiro atoms. The minimum atomic E-state index is -0.0169. The average Bonchev–Trinajstić information content (AvgIpc) is 2.94. The van der Waals surface area contributed by atoms with Crippen molar-refractivity contribution in [3.63, 3.8) is 0 Å². The summed E-state index contributed by atoms with van der Waals surface area (Å²) in [6.07, 6.45) is 1.53. The minimum absolute atomic E-state index is 0.0169. The summed E-state index contributed by atoms with van der Waals surface area (Å²) in [6, 6.07) is 9.08. The molecular formula is C19H23N5OS. The summed E-state index contributed by atoms with van der Waals surface area (Å²) < 4.78 is 0. The van der Waals surface area contributed by atoms with Gasteiger partial charge in [-0.05, 0) is 38.1 Å². The normalized spacial score (nSPS) is 15.3. The van der Waals surface area contributed by atoms with Gasteiger partial charge in [-0.25, -0.2) is 4.98 Å². The van der Waals surface area contributed by atoms with E-state index >= 15 is 0 Å². The number of anilines is 2. The lowest BCUT2D eigenvalue weighted by atomic mass is 10.2. The van der Waals surface area contributed by atoms with Crippen molar-refractivity contribution in [1.29, 1.82) is 5.26 Å². The molecule has 136 valence electrons. The molecule has 1 aliphatic rings. The number of carbonyl (C=O) groups is 1. The number of benzene rings is 1. The molecule has 1 N–H and O–H groups in total. The molecule has 0 unspecified atom stereocenters. The fourth-order valence-corrected chi connectivity index (χ4v) is 3.88. The molecule has 1 amide bonds. The maximum atomic E-state index is 12.2. The van der Waals surface area contributed by atoms with Crippen LogP contribution in [0, 0.1) is 18.3 Å². The summed E-state index contributed by atoms with van der Waals surface area (Å²) in [5, 5.41) is 15.0. The van der Waals surface area contributed by atoms with Gasteiger partial charge in [0, 0.05) is 43.7 Å². The van der Waals surface area contributed by atoms with E-state index in [-0.39, 0.29) is 5.91 Å². The number of aryl methyl sites for hydroxylation is 1. The van der Waals surface area contributed by atoms with Crippen molar-refractivity contribution in [3.8, 4) is 6.07 Å². The summed E-state index contributed by atoms with van der Waals surface area (Å²) in [5.41, 5.74) is 2.30. The van der Waals surface area contributed by atoms with Crippen LogP contribution in [0.15, 0.2) is 29.6 Å². The third kappa shape index (κ3) is 5.04. The molecule has 3 rings (SSSR count). The molecule has 2 heterocycles. The molecule has 1 aromatic heterocycles. The van der Waals surface area contributed by atoms with Gasteiger partial charge >= 0.3 is 0 Å². The van der Waals surface area contributed by atoms with Crippen molar-refractivity contribution < 1.29 is 4.79 Å². The third-order valence-corrected chi connectivity index (χ3v) is 5.42. The summed E-state index contributed by atoms with van der Waals surface area (Å²) in [6.45, 7) is 6.66. The third-order valence-electron chi connectivity index (χ3n) is 4.40. The quantitative estimate of drug-likeness (QED) is 0.877. The highest BCUT2D eigenvalue weighted by atomic mass is 32.1. The van der Waals surface area contributed by atoms with E-state index in [0.717, 1.165) is 50.0 Å². The highest BCUT2D eigenvalue weighted by molar-refractivity contribution is 7.13. The van der Waals surface area contributed by atoms with Gasteiger partial charge in [-0.15, -0.1) is 11.3 Å². The first-order chi connectivity index (χ1) is 12.6. The standard InChI is InChI=1S/C19H23N5OS/c1-15-14-26-19(21-15)24-8-3-7-23(10-11-24)9-6-18(25)22-17-5-2-4-16(12-17)13-20/h2,4-5,12,14H,3,6-11H2,1H3,(H,22,25). The first-order valence-corrected chi connectivity index (χ1v) is 9.71. The number of amides is 1. The van der Waals surface area contributed by atoms with Crippen molar-refractivity contribution in [2.24, 2.45) is 0 Å². The van der Waals surface area contributed by atoms with Crippen LogP contribution in [0.5, 0.6) is 0 Å². The highest BCUT2D eigenvalue weighted by Gasteiger charge is 2.17. The number of thiazole rings is 1. The maximum absolute atomic E-state index is 12.2. The minimum Gasteiger partial charge on any atom is -0.347 e. The Kier molecular flexibility index (Phi) is 6.21. The molecular weight excluding hydrogens is 346 g/mol. The van der Waals surface area contributed by atoms with Crippen LogP contribution in [-0.4, -0.2) is 48.5 Å². The Morgan fingerprint density at radius 1 is 1.35 bits per heavy atom. The Morgan fingerprint density at radius 3 is 3.00 bits per heavy atom. The number of hydrogen-bond acceptors (Lipinski definition) is 6. The van der Waals surface area contributed by atoms with Gasteiger partial charge in [-0.2, -0.15) is 5.26 Å². The largest absolute Gasteiger partial charge is 0.347 e. The zero-order valence-corrected chi connectivity index (χ0v) is 15.8. The Bertz CT molecular complexity index is 797. The molecule has 0 aliphatic carbocycles. The average molecular weight is 369 g/mol. The Balaban J connectivity index is 1.46. The summed E-state index contributed by atoms with van der Waals surface area (Å²) in [5.74, 6) is -0.0169. The van der Waals surface area contributed by atoms with E-state index in [4.69, 9.17) is 5.26 Å². The lowest BCUT2D eigenvalue weighted by molar-refractivity contribution is -0.116. The topological polar surface area (TPSA) is 72.3 Å². The van der Waals surface area contributed by atoms with Crippen molar-refractivity contribution in [2.45, 2.75) is 19.8 Å².